The summed E-state index contributed by atoms with van der Waals surface area (Å²) in [6, 6.07) is 1.85. The summed E-state index contributed by atoms with van der Waals surface area (Å²) in [7, 11) is 0. The highest BCUT2D eigenvalue weighted by Crippen LogP contribution is 2.20. The molecule has 1 saturated heterocycles. The first-order valence-electron chi connectivity index (χ1n) is 5.29. The number of hydrogen-bond donors (Lipinski definition) is 2. The second-order valence-electron chi connectivity index (χ2n) is 4.38. The molecule has 1 fully saturated rings. The SMILES string of the molecule is CC1(NCc2cc(C(N)=O)cs2)CCOC1. The van der Waals surface area contributed by atoms with E-state index in [0.717, 1.165) is 31.1 Å². The number of hydrogen-bond acceptors (Lipinski definition) is 4. The predicted molar refractivity (Wildman–Crippen MR) is 63.5 cm³/mol. The van der Waals surface area contributed by atoms with Gasteiger partial charge >= 0.3 is 0 Å². The zero-order valence-electron chi connectivity index (χ0n) is 9.29. The Morgan fingerprint density at radius 3 is 3.12 bits per heavy atom. The lowest BCUT2D eigenvalue weighted by molar-refractivity contribution is 0.100. The average Bonchev–Trinajstić information content (AvgIpc) is 2.84. The van der Waals surface area contributed by atoms with E-state index in [0.29, 0.717) is 5.56 Å². The molecule has 0 bridgehead atoms. The molecule has 16 heavy (non-hydrogen) atoms. The van der Waals surface area contributed by atoms with Gasteiger partial charge < -0.3 is 15.8 Å². The van der Waals surface area contributed by atoms with Crippen molar-refractivity contribution in [3.8, 4) is 0 Å². The van der Waals surface area contributed by atoms with Crippen molar-refractivity contribution in [2.24, 2.45) is 5.73 Å². The molecular weight excluding hydrogens is 224 g/mol. The second-order valence-corrected chi connectivity index (χ2v) is 5.38. The molecule has 4 nitrogen and oxygen atoms in total. The highest BCUT2D eigenvalue weighted by Gasteiger charge is 2.28. The van der Waals surface area contributed by atoms with Gasteiger partial charge in [0.25, 0.3) is 0 Å². The number of ether oxygens (including phenoxy) is 1. The average molecular weight is 240 g/mol. The van der Waals surface area contributed by atoms with Gasteiger partial charge in [-0.3, -0.25) is 4.79 Å². The molecule has 0 aliphatic carbocycles. The van der Waals surface area contributed by atoms with Crippen LogP contribution < -0.4 is 11.1 Å². The van der Waals surface area contributed by atoms with Crippen LogP contribution in [0.3, 0.4) is 0 Å². The van der Waals surface area contributed by atoms with Gasteiger partial charge in [-0.05, 0) is 19.4 Å². The van der Waals surface area contributed by atoms with E-state index >= 15 is 0 Å². The Hall–Kier alpha value is -0.910. The van der Waals surface area contributed by atoms with E-state index in [-0.39, 0.29) is 11.4 Å². The van der Waals surface area contributed by atoms with E-state index in [2.05, 4.69) is 12.2 Å². The molecule has 2 heterocycles. The largest absolute Gasteiger partial charge is 0.379 e. The number of rotatable bonds is 4. The minimum Gasteiger partial charge on any atom is -0.379 e. The summed E-state index contributed by atoms with van der Waals surface area (Å²) in [6.45, 7) is 4.49. The highest BCUT2D eigenvalue weighted by molar-refractivity contribution is 7.10. The van der Waals surface area contributed by atoms with Crippen molar-refractivity contribution in [3.63, 3.8) is 0 Å². The van der Waals surface area contributed by atoms with Gasteiger partial charge in [-0.25, -0.2) is 0 Å². The van der Waals surface area contributed by atoms with Crippen LogP contribution in [0.5, 0.6) is 0 Å². The van der Waals surface area contributed by atoms with Crippen molar-refractivity contribution < 1.29 is 9.53 Å². The predicted octanol–water partition coefficient (Wildman–Crippen LogP) is 1.12. The molecule has 1 aromatic rings. The first-order chi connectivity index (χ1) is 7.59. The van der Waals surface area contributed by atoms with Crippen LogP contribution in [0.1, 0.15) is 28.6 Å². The standard InChI is InChI=1S/C11H16N2O2S/c1-11(2-3-15-7-11)13-5-9-4-8(6-16-9)10(12)14/h4,6,13H,2-3,5,7H2,1H3,(H2,12,14). The second kappa shape index (κ2) is 4.53. The monoisotopic (exact) mass is 240 g/mol. The van der Waals surface area contributed by atoms with Crippen LogP contribution in [-0.4, -0.2) is 24.7 Å². The van der Waals surface area contributed by atoms with Crippen LogP contribution >= 0.6 is 11.3 Å². The van der Waals surface area contributed by atoms with Gasteiger partial charge in [0, 0.05) is 28.9 Å². The highest BCUT2D eigenvalue weighted by atomic mass is 32.1. The molecular formula is C11H16N2O2S. The lowest BCUT2D eigenvalue weighted by atomic mass is 10.0. The van der Waals surface area contributed by atoms with Crippen LogP contribution in [0.25, 0.3) is 0 Å². The molecule has 0 aromatic carbocycles. The normalized spacial score (nSPS) is 24.8. The van der Waals surface area contributed by atoms with Crippen LogP contribution in [-0.2, 0) is 11.3 Å². The van der Waals surface area contributed by atoms with Gasteiger partial charge in [0.2, 0.25) is 5.91 Å². The molecule has 1 unspecified atom stereocenters. The van der Waals surface area contributed by atoms with Crippen LogP contribution in [0.4, 0.5) is 0 Å². The summed E-state index contributed by atoms with van der Waals surface area (Å²) in [5.74, 6) is -0.363. The third-order valence-corrected chi connectivity index (χ3v) is 3.78. The summed E-state index contributed by atoms with van der Waals surface area (Å²) in [6.07, 6.45) is 1.03. The molecule has 3 N–H and O–H groups in total. The summed E-state index contributed by atoms with van der Waals surface area (Å²) < 4.78 is 5.36. The molecule has 1 aliphatic rings. The van der Waals surface area contributed by atoms with E-state index in [4.69, 9.17) is 10.5 Å². The van der Waals surface area contributed by atoms with Crippen molar-refractivity contribution in [1.82, 2.24) is 5.32 Å². The maximum atomic E-state index is 10.9. The zero-order valence-corrected chi connectivity index (χ0v) is 10.1. The van der Waals surface area contributed by atoms with Gasteiger partial charge in [0.05, 0.1) is 12.2 Å². The third kappa shape index (κ3) is 2.61. The number of carbonyl (C=O) groups is 1. The Labute approximate surface area is 98.8 Å². The lowest BCUT2D eigenvalue weighted by Crippen LogP contribution is -2.42. The summed E-state index contributed by atoms with van der Waals surface area (Å²) in [5, 5.41) is 5.26. The Balaban J connectivity index is 1.91. The number of nitrogens with two attached hydrogens (primary N) is 1. The maximum absolute atomic E-state index is 10.9. The fraction of sp³-hybridized carbons (Fsp3) is 0.545. The third-order valence-electron chi connectivity index (χ3n) is 2.85. The van der Waals surface area contributed by atoms with Crippen molar-refractivity contribution in [1.29, 1.82) is 0 Å². The molecule has 1 amide bonds. The molecule has 0 radical (unpaired) electrons. The van der Waals surface area contributed by atoms with Gasteiger partial charge in [-0.2, -0.15) is 0 Å². The maximum Gasteiger partial charge on any atom is 0.249 e. The fourth-order valence-electron chi connectivity index (χ4n) is 1.71. The number of amides is 1. The zero-order chi connectivity index (χ0) is 11.6. The van der Waals surface area contributed by atoms with E-state index in [9.17, 15) is 4.79 Å². The van der Waals surface area contributed by atoms with E-state index in [1.54, 1.807) is 16.7 Å². The number of primary amides is 1. The Bertz CT molecular complexity index is 383. The van der Waals surface area contributed by atoms with E-state index < -0.39 is 0 Å². The van der Waals surface area contributed by atoms with Crippen molar-refractivity contribution >= 4 is 17.2 Å². The van der Waals surface area contributed by atoms with Gasteiger partial charge in [-0.1, -0.05) is 0 Å². The molecule has 88 valence electrons. The molecule has 5 heteroatoms. The fourth-order valence-corrected chi connectivity index (χ4v) is 2.52. The summed E-state index contributed by atoms with van der Waals surface area (Å²) in [4.78, 5) is 12.1. The van der Waals surface area contributed by atoms with Gasteiger partial charge in [-0.15, -0.1) is 11.3 Å². The van der Waals surface area contributed by atoms with Crippen molar-refractivity contribution in [2.45, 2.75) is 25.4 Å². The van der Waals surface area contributed by atoms with E-state index in [1.165, 1.54) is 0 Å². The first-order valence-corrected chi connectivity index (χ1v) is 6.17. The van der Waals surface area contributed by atoms with Gasteiger partial charge in [0.1, 0.15) is 0 Å². The summed E-state index contributed by atoms with van der Waals surface area (Å²) >= 11 is 1.56. The first kappa shape index (κ1) is 11.6. The Morgan fingerprint density at radius 1 is 1.75 bits per heavy atom. The molecule has 1 aromatic heterocycles. The molecule has 2 rings (SSSR count). The lowest BCUT2D eigenvalue weighted by Gasteiger charge is -2.23. The number of nitrogens with one attached hydrogen (secondary N) is 1. The van der Waals surface area contributed by atoms with Gasteiger partial charge in [0.15, 0.2) is 0 Å². The Morgan fingerprint density at radius 2 is 2.56 bits per heavy atom. The number of carbonyl (C=O) groups excluding carboxylic acids is 1. The Kier molecular flexibility index (Phi) is 3.28. The number of thiophene rings is 1. The minimum atomic E-state index is -0.363. The molecule has 0 spiro atoms. The minimum absolute atomic E-state index is 0.0663. The smallest absolute Gasteiger partial charge is 0.249 e. The molecule has 1 aliphatic heterocycles. The topological polar surface area (TPSA) is 64.3 Å². The molecule has 1 atom stereocenters. The quantitative estimate of drug-likeness (QED) is 0.828. The van der Waals surface area contributed by atoms with Crippen molar-refractivity contribution in [3.05, 3.63) is 21.9 Å². The van der Waals surface area contributed by atoms with Crippen LogP contribution in [0.2, 0.25) is 0 Å². The van der Waals surface area contributed by atoms with E-state index in [1.807, 2.05) is 6.07 Å². The summed E-state index contributed by atoms with van der Waals surface area (Å²) in [5.41, 5.74) is 5.86. The van der Waals surface area contributed by atoms with Crippen LogP contribution in [0, 0.1) is 0 Å². The van der Waals surface area contributed by atoms with Crippen LogP contribution in [0.15, 0.2) is 11.4 Å². The molecule has 0 saturated carbocycles. The van der Waals surface area contributed by atoms with Crippen molar-refractivity contribution in [2.75, 3.05) is 13.2 Å².